The maximum absolute atomic E-state index is 12.4. The molecule has 0 aliphatic heterocycles. The zero-order valence-corrected chi connectivity index (χ0v) is 10.8. The first kappa shape index (κ1) is 13.1. The zero-order chi connectivity index (χ0) is 10.5. The fourth-order valence-electron chi connectivity index (χ4n) is 1.22. The van der Waals surface area contributed by atoms with Gasteiger partial charge in [0.05, 0.1) is 0 Å². The van der Waals surface area contributed by atoms with Crippen LogP contribution in [-0.2, 0) is 0 Å². The predicted molar refractivity (Wildman–Crippen MR) is 58.8 cm³/mol. The summed E-state index contributed by atoms with van der Waals surface area (Å²) < 4.78 is 24.9. The monoisotopic (exact) mass is 268 g/mol. The Morgan fingerprint density at radius 3 is 1.77 bits per heavy atom. The highest BCUT2D eigenvalue weighted by Gasteiger charge is 2.27. The number of alkyl halides is 3. The third-order valence-corrected chi connectivity index (χ3v) is 7.41. The van der Waals surface area contributed by atoms with Gasteiger partial charge in [-0.1, -0.05) is 20.8 Å². The normalized spacial score (nSPS) is 12.2. The molecule has 0 aliphatic carbocycles. The molecule has 4 heteroatoms. The Labute approximate surface area is 88.2 Å². The Balaban J connectivity index is 4.66. The lowest BCUT2D eigenvalue weighted by Crippen LogP contribution is -2.30. The maximum atomic E-state index is 12.4. The van der Waals surface area contributed by atoms with Crippen molar-refractivity contribution in [1.29, 1.82) is 0 Å². The van der Waals surface area contributed by atoms with E-state index in [4.69, 9.17) is 0 Å². The summed E-state index contributed by atoms with van der Waals surface area (Å²) in [6, 6.07) is 2.86. The molecule has 0 amide bonds. The minimum atomic E-state index is -3.01. The van der Waals surface area contributed by atoms with Crippen molar-refractivity contribution in [3.8, 4) is 11.5 Å². The lowest BCUT2D eigenvalue weighted by Gasteiger charge is -2.20. The van der Waals surface area contributed by atoms with E-state index in [0.717, 1.165) is 18.1 Å². The van der Waals surface area contributed by atoms with Crippen molar-refractivity contribution in [3.63, 3.8) is 0 Å². The Hall–Kier alpha value is 0.117. The highest BCUT2D eigenvalue weighted by molar-refractivity contribution is 9.10. The molecule has 0 rings (SSSR count). The van der Waals surface area contributed by atoms with E-state index in [0.29, 0.717) is 0 Å². The van der Waals surface area contributed by atoms with Crippen molar-refractivity contribution in [2.75, 3.05) is 0 Å². The van der Waals surface area contributed by atoms with Crippen molar-refractivity contribution in [1.82, 2.24) is 0 Å². The molecule has 0 saturated heterocycles. The quantitative estimate of drug-likeness (QED) is 0.412. The number of rotatable bonds is 3. The minimum Gasteiger partial charge on any atom is -0.180 e. The highest BCUT2D eigenvalue weighted by Crippen LogP contribution is 2.23. The van der Waals surface area contributed by atoms with Crippen LogP contribution in [-0.4, -0.2) is 12.9 Å². The van der Waals surface area contributed by atoms with E-state index in [1.54, 1.807) is 0 Å². The van der Waals surface area contributed by atoms with Crippen LogP contribution in [0, 0.1) is 11.5 Å². The van der Waals surface area contributed by atoms with Crippen LogP contribution in [0.3, 0.4) is 0 Å². The SMILES string of the molecule is CC[Si](C#CC(F)(F)Br)(CC)CC. The molecule has 0 heterocycles. The summed E-state index contributed by atoms with van der Waals surface area (Å²) in [5, 5.41) is 0. The molecule has 0 aliphatic rings. The van der Waals surface area contributed by atoms with Gasteiger partial charge in [0.2, 0.25) is 0 Å². The fourth-order valence-corrected chi connectivity index (χ4v) is 3.95. The topological polar surface area (TPSA) is 0 Å². The van der Waals surface area contributed by atoms with Gasteiger partial charge in [-0.2, -0.15) is 8.78 Å². The van der Waals surface area contributed by atoms with Crippen molar-refractivity contribution in [2.45, 2.75) is 43.7 Å². The second kappa shape index (κ2) is 5.11. The number of halogens is 3. The van der Waals surface area contributed by atoms with Gasteiger partial charge in [-0.15, -0.1) is 5.54 Å². The molecule has 0 nitrogen and oxygen atoms in total. The fraction of sp³-hybridized carbons (Fsp3) is 0.778. The van der Waals surface area contributed by atoms with Gasteiger partial charge < -0.3 is 0 Å². The number of hydrogen-bond acceptors (Lipinski definition) is 0. The van der Waals surface area contributed by atoms with Crippen LogP contribution in [0.1, 0.15) is 20.8 Å². The maximum Gasteiger partial charge on any atom is 0.362 e. The van der Waals surface area contributed by atoms with Gasteiger partial charge in [-0.05, 0) is 24.1 Å². The molecule has 0 unspecified atom stereocenters. The van der Waals surface area contributed by atoms with Crippen LogP contribution in [0.5, 0.6) is 0 Å². The Morgan fingerprint density at radius 1 is 1.15 bits per heavy atom. The number of hydrogen-bond donors (Lipinski definition) is 0. The molecule has 13 heavy (non-hydrogen) atoms. The molecule has 0 spiro atoms. The molecule has 0 bridgehead atoms. The molecule has 0 atom stereocenters. The first-order chi connectivity index (χ1) is 5.89. The molecule has 0 aromatic heterocycles. The minimum absolute atomic E-state index is 0.954. The van der Waals surface area contributed by atoms with Gasteiger partial charge >= 0.3 is 4.83 Å². The van der Waals surface area contributed by atoms with Gasteiger partial charge in [0.1, 0.15) is 8.07 Å². The largest absolute Gasteiger partial charge is 0.362 e. The lowest BCUT2D eigenvalue weighted by atomic mass is 10.7. The average molecular weight is 269 g/mol. The summed E-state index contributed by atoms with van der Waals surface area (Å²) in [5.41, 5.74) is 2.81. The van der Waals surface area contributed by atoms with E-state index in [1.165, 1.54) is 0 Å². The summed E-state index contributed by atoms with van der Waals surface area (Å²) in [4.78, 5) is -3.01. The van der Waals surface area contributed by atoms with Gasteiger partial charge in [-0.25, -0.2) is 0 Å². The molecule has 0 aromatic rings. The Bertz CT molecular complexity index is 200. The third kappa shape index (κ3) is 4.77. The Morgan fingerprint density at radius 2 is 1.54 bits per heavy atom. The van der Waals surface area contributed by atoms with E-state index >= 15 is 0 Å². The van der Waals surface area contributed by atoms with Crippen molar-refractivity contribution in [2.24, 2.45) is 0 Å². The molecule has 0 saturated carbocycles. The summed E-state index contributed by atoms with van der Waals surface area (Å²) in [6.45, 7) is 6.13. The first-order valence-corrected chi connectivity index (χ1v) is 7.91. The smallest absolute Gasteiger partial charge is 0.180 e. The van der Waals surface area contributed by atoms with Crippen LogP contribution >= 0.6 is 15.9 Å². The summed E-state index contributed by atoms with van der Waals surface area (Å²) >= 11 is 2.23. The van der Waals surface area contributed by atoms with Crippen LogP contribution in [0.25, 0.3) is 0 Å². The van der Waals surface area contributed by atoms with E-state index in [1.807, 2.05) is 26.7 Å². The van der Waals surface area contributed by atoms with Gasteiger partial charge in [0, 0.05) is 15.9 Å². The van der Waals surface area contributed by atoms with Crippen molar-refractivity contribution < 1.29 is 8.78 Å². The van der Waals surface area contributed by atoms with Crippen molar-refractivity contribution >= 4 is 24.0 Å². The molecule has 0 fully saturated rings. The van der Waals surface area contributed by atoms with Gasteiger partial charge in [0.15, 0.2) is 0 Å². The Kier molecular flexibility index (Phi) is 5.16. The molecular formula is C9H15BrF2Si. The summed E-state index contributed by atoms with van der Waals surface area (Å²) in [7, 11) is -1.70. The standard InChI is InChI=1S/C9H15BrF2Si/c1-4-13(5-2,6-3)8-7-9(10,11)12/h4-6H2,1-3H3. The van der Waals surface area contributed by atoms with E-state index in [2.05, 4.69) is 21.5 Å². The first-order valence-electron chi connectivity index (χ1n) is 4.50. The van der Waals surface area contributed by atoms with Crippen LogP contribution in [0.2, 0.25) is 18.1 Å². The van der Waals surface area contributed by atoms with Crippen molar-refractivity contribution in [3.05, 3.63) is 0 Å². The van der Waals surface area contributed by atoms with E-state index in [9.17, 15) is 8.78 Å². The second-order valence-electron chi connectivity index (χ2n) is 3.09. The van der Waals surface area contributed by atoms with Crippen LogP contribution in [0.15, 0.2) is 0 Å². The molecule has 76 valence electrons. The molecule has 0 N–H and O–H groups in total. The summed E-state index contributed by atoms with van der Waals surface area (Å²) in [6.07, 6.45) is 0. The van der Waals surface area contributed by atoms with E-state index < -0.39 is 12.9 Å². The third-order valence-electron chi connectivity index (χ3n) is 2.50. The second-order valence-corrected chi connectivity index (χ2v) is 9.02. The average Bonchev–Trinajstić information content (AvgIpc) is 2.06. The van der Waals surface area contributed by atoms with Gasteiger partial charge in [0.25, 0.3) is 0 Å². The molecule has 0 aromatic carbocycles. The summed E-state index contributed by atoms with van der Waals surface area (Å²) in [5.74, 6) is 2.01. The highest BCUT2D eigenvalue weighted by atomic mass is 79.9. The van der Waals surface area contributed by atoms with Crippen LogP contribution < -0.4 is 0 Å². The molecule has 0 radical (unpaired) electrons. The molecular weight excluding hydrogens is 254 g/mol. The zero-order valence-electron chi connectivity index (χ0n) is 8.26. The lowest BCUT2D eigenvalue weighted by molar-refractivity contribution is 0.183. The van der Waals surface area contributed by atoms with E-state index in [-0.39, 0.29) is 0 Å². The van der Waals surface area contributed by atoms with Crippen LogP contribution in [0.4, 0.5) is 8.78 Å². The predicted octanol–water partition coefficient (Wildman–Crippen LogP) is 4.03. The van der Waals surface area contributed by atoms with Gasteiger partial charge in [-0.3, -0.25) is 0 Å².